The minimum atomic E-state index is -1.38. The predicted molar refractivity (Wildman–Crippen MR) is 109 cm³/mol. The van der Waals surface area contributed by atoms with Crippen LogP contribution in [0.4, 0.5) is 5.69 Å². The van der Waals surface area contributed by atoms with Crippen LogP contribution in [-0.4, -0.2) is 32.6 Å². The summed E-state index contributed by atoms with van der Waals surface area (Å²) in [5.74, 6) is -1.26. The topological polar surface area (TPSA) is 113 Å². The van der Waals surface area contributed by atoms with Crippen molar-refractivity contribution in [2.45, 2.75) is 6.61 Å². The third-order valence-electron chi connectivity index (χ3n) is 3.89. The van der Waals surface area contributed by atoms with Gasteiger partial charge in [-0.2, -0.15) is 0 Å². The van der Waals surface area contributed by atoms with Gasteiger partial charge in [0.2, 0.25) is 0 Å². The average Bonchev–Trinajstić information content (AvgIpc) is 2.95. The van der Waals surface area contributed by atoms with Gasteiger partial charge in [0.1, 0.15) is 16.7 Å². The lowest BCUT2D eigenvalue weighted by Crippen LogP contribution is -2.40. The van der Waals surface area contributed by atoms with Gasteiger partial charge in [0.25, 0.3) is 11.6 Å². The summed E-state index contributed by atoms with van der Waals surface area (Å²) in [6, 6.07) is 13.0. The number of aliphatic carboxylic acids is 1. The number of carboxylic acid groups (broad SMARTS) is 1. The number of carboxylic acids is 1. The molecule has 0 saturated carbocycles. The second-order valence-electron chi connectivity index (χ2n) is 5.92. The van der Waals surface area contributed by atoms with Crippen LogP contribution in [0.3, 0.4) is 0 Å². The molecule has 0 radical (unpaired) electrons. The van der Waals surface area contributed by atoms with Gasteiger partial charge >= 0.3 is 0 Å². The first kappa shape index (κ1) is 20.5. The van der Waals surface area contributed by atoms with Crippen molar-refractivity contribution < 1.29 is 24.4 Å². The first-order chi connectivity index (χ1) is 13.8. The number of amides is 1. The number of carbonyl (C=O) groups is 2. The minimum absolute atomic E-state index is 0.0168. The van der Waals surface area contributed by atoms with Crippen LogP contribution in [0, 0.1) is 10.1 Å². The van der Waals surface area contributed by atoms with Gasteiger partial charge in [-0.15, -0.1) is 0 Å². The molecule has 10 heteroatoms. The third kappa shape index (κ3) is 5.18. The largest absolute Gasteiger partial charge is 0.548 e. The number of benzene rings is 2. The number of carbonyl (C=O) groups excluding carboxylic acids is 2. The van der Waals surface area contributed by atoms with Gasteiger partial charge in [0.15, 0.2) is 0 Å². The SMILES string of the molecule is O=C([O-])CN1C(=O)/C(=C\c2ccc(OCc3ccc([N+](=O)[O-])cc3)cc2)SC1=S. The molecule has 0 unspecified atom stereocenters. The lowest BCUT2D eigenvalue weighted by molar-refractivity contribution is -0.384. The normalized spacial score (nSPS) is 15.0. The summed E-state index contributed by atoms with van der Waals surface area (Å²) in [5.41, 5.74) is 1.53. The summed E-state index contributed by atoms with van der Waals surface area (Å²) in [7, 11) is 0. The summed E-state index contributed by atoms with van der Waals surface area (Å²) in [6.45, 7) is -0.323. The number of hydrogen-bond donors (Lipinski definition) is 0. The number of thioether (sulfide) groups is 1. The zero-order valence-electron chi connectivity index (χ0n) is 14.8. The fourth-order valence-electron chi connectivity index (χ4n) is 2.46. The molecule has 1 saturated heterocycles. The number of nitro benzene ring substituents is 1. The number of ether oxygens (including phenoxy) is 1. The van der Waals surface area contributed by atoms with Gasteiger partial charge in [0.05, 0.1) is 22.3 Å². The van der Waals surface area contributed by atoms with E-state index >= 15 is 0 Å². The first-order valence-electron chi connectivity index (χ1n) is 8.25. The summed E-state index contributed by atoms with van der Waals surface area (Å²) in [4.78, 5) is 34.5. The first-order valence-corrected chi connectivity index (χ1v) is 9.47. The Hall–Kier alpha value is -3.24. The molecule has 0 atom stereocenters. The Labute approximate surface area is 174 Å². The van der Waals surface area contributed by atoms with Crippen molar-refractivity contribution in [2.75, 3.05) is 6.54 Å². The van der Waals surface area contributed by atoms with Gasteiger partial charge in [-0.05, 0) is 41.5 Å². The van der Waals surface area contributed by atoms with Crippen molar-refractivity contribution >= 4 is 51.9 Å². The molecular formula is C19H13N2O6S2-. The summed E-state index contributed by atoms with van der Waals surface area (Å²) >= 11 is 6.06. The molecule has 0 bridgehead atoms. The third-order valence-corrected chi connectivity index (χ3v) is 5.27. The summed E-state index contributed by atoms with van der Waals surface area (Å²) in [6.07, 6.45) is 1.62. The zero-order valence-corrected chi connectivity index (χ0v) is 16.4. The van der Waals surface area contributed by atoms with Crippen LogP contribution >= 0.6 is 24.0 Å². The summed E-state index contributed by atoms with van der Waals surface area (Å²) in [5, 5.41) is 21.4. The molecule has 1 aliphatic rings. The highest BCUT2D eigenvalue weighted by atomic mass is 32.2. The smallest absolute Gasteiger partial charge is 0.269 e. The van der Waals surface area contributed by atoms with Gasteiger partial charge in [-0.1, -0.05) is 36.1 Å². The van der Waals surface area contributed by atoms with E-state index in [0.717, 1.165) is 27.8 Å². The van der Waals surface area contributed by atoms with E-state index in [4.69, 9.17) is 17.0 Å². The number of nitrogens with zero attached hydrogens (tertiary/aromatic N) is 2. The van der Waals surface area contributed by atoms with E-state index in [1.807, 2.05) is 0 Å². The van der Waals surface area contributed by atoms with Crippen LogP contribution in [0.5, 0.6) is 5.75 Å². The molecular weight excluding hydrogens is 416 g/mol. The highest BCUT2D eigenvalue weighted by molar-refractivity contribution is 8.26. The molecule has 2 aromatic rings. The van der Waals surface area contributed by atoms with E-state index in [1.54, 1.807) is 42.5 Å². The Morgan fingerprint density at radius 3 is 2.41 bits per heavy atom. The Bertz CT molecular complexity index is 1000. The molecule has 0 spiro atoms. The quantitative estimate of drug-likeness (QED) is 0.285. The maximum Gasteiger partial charge on any atom is 0.269 e. The summed E-state index contributed by atoms with van der Waals surface area (Å²) < 4.78 is 5.83. The molecule has 2 aromatic carbocycles. The van der Waals surface area contributed by atoms with E-state index in [-0.39, 0.29) is 16.6 Å². The van der Waals surface area contributed by atoms with Crippen molar-refractivity contribution in [3.05, 3.63) is 74.7 Å². The second kappa shape index (κ2) is 8.84. The predicted octanol–water partition coefficient (Wildman–Crippen LogP) is 2.12. The van der Waals surface area contributed by atoms with Crippen molar-refractivity contribution in [1.82, 2.24) is 4.90 Å². The highest BCUT2D eigenvalue weighted by Gasteiger charge is 2.31. The molecule has 29 heavy (non-hydrogen) atoms. The molecule has 1 aliphatic heterocycles. The van der Waals surface area contributed by atoms with Crippen LogP contribution in [0.15, 0.2) is 53.4 Å². The van der Waals surface area contributed by atoms with Crippen LogP contribution in [0.25, 0.3) is 6.08 Å². The number of rotatable bonds is 7. The molecule has 1 fully saturated rings. The molecule has 1 heterocycles. The van der Waals surface area contributed by atoms with E-state index in [1.165, 1.54) is 12.1 Å². The van der Waals surface area contributed by atoms with E-state index in [9.17, 15) is 24.8 Å². The Kier molecular flexibility index (Phi) is 6.25. The van der Waals surface area contributed by atoms with Gasteiger partial charge in [-0.3, -0.25) is 19.8 Å². The molecule has 8 nitrogen and oxygen atoms in total. The van der Waals surface area contributed by atoms with Crippen LogP contribution in [0.2, 0.25) is 0 Å². The van der Waals surface area contributed by atoms with Crippen molar-refractivity contribution in [3.8, 4) is 5.75 Å². The van der Waals surface area contributed by atoms with E-state index < -0.39 is 23.3 Å². The van der Waals surface area contributed by atoms with E-state index in [0.29, 0.717) is 10.7 Å². The molecule has 148 valence electrons. The molecule has 0 aromatic heterocycles. The Morgan fingerprint density at radius 1 is 1.17 bits per heavy atom. The fourth-order valence-corrected chi connectivity index (χ4v) is 3.71. The zero-order chi connectivity index (χ0) is 21.0. The molecule has 1 amide bonds. The number of non-ortho nitro benzene ring substituents is 1. The fraction of sp³-hybridized carbons (Fsp3) is 0.105. The van der Waals surface area contributed by atoms with E-state index in [2.05, 4.69) is 0 Å². The number of thiocarbonyl (C=S) groups is 1. The standard InChI is InChI=1S/C19H14N2O6S2/c22-17(23)10-20-18(24)16(29-19(20)28)9-12-3-7-15(8-4-12)27-11-13-1-5-14(6-2-13)21(25)26/h1-9H,10-11H2,(H,22,23)/p-1/b16-9+. The Morgan fingerprint density at radius 2 is 1.83 bits per heavy atom. The molecule has 0 aliphatic carbocycles. The van der Waals surface area contributed by atoms with Gasteiger partial charge in [-0.25, -0.2) is 0 Å². The highest BCUT2D eigenvalue weighted by Crippen LogP contribution is 2.32. The van der Waals surface area contributed by atoms with Crippen LogP contribution < -0.4 is 9.84 Å². The maximum atomic E-state index is 12.2. The lowest BCUT2D eigenvalue weighted by atomic mass is 10.2. The monoisotopic (exact) mass is 429 g/mol. The van der Waals surface area contributed by atoms with Crippen LogP contribution in [-0.2, 0) is 16.2 Å². The lowest BCUT2D eigenvalue weighted by Gasteiger charge is -2.14. The second-order valence-corrected chi connectivity index (χ2v) is 7.60. The van der Waals surface area contributed by atoms with Gasteiger partial charge < -0.3 is 14.6 Å². The van der Waals surface area contributed by atoms with Gasteiger partial charge in [0, 0.05) is 12.1 Å². The maximum absolute atomic E-state index is 12.2. The average molecular weight is 429 g/mol. The van der Waals surface area contributed by atoms with Crippen LogP contribution in [0.1, 0.15) is 11.1 Å². The minimum Gasteiger partial charge on any atom is -0.548 e. The Balaban J connectivity index is 1.62. The molecule has 3 rings (SSSR count). The number of hydrogen-bond acceptors (Lipinski definition) is 8. The van der Waals surface area contributed by atoms with Crippen molar-refractivity contribution in [3.63, 3.8) is 0 Å². The number of nitro groups is 1. The van der Waals surface area contributed by atoms with Crippen molar-refractivity contribution in [1.29, 1.82) is 0 Å². The van der Waals surface area contributed by atoms with Crippen molar-refractivity contribution in [2.24, 2.45) is 0 Å². The molecule has 0 N–H and O–H groups in total.